The van der Waals surface area contributed by atoms with Gasteiger partial charge in [0.05, 0.1) is 26.4 Å². The Hall–Kier alpha value is -7.32. The Morgan fingerprint density at radius 1 is 0.164 bits per heavy atom. The Labute approximate surface area is 705 Å². The second-order valence-electron chi connectivity index (χ2n) is 34.4. The third kappa shape index (κ3) is 33.5. The van der Waals surface area contributed by atoms with Crippen LogP contribution in [0.5, 0.6) is 23.0 Å². The van der Waals surface area contributed by atoms with Crippen LogP contribution in [-0.2, 0) is 0 Å². The van der Waals surface area contributed by atoms with Crippen molar-refractivity contribution in [3.8, 4) is 23.0 Å². The van der Waals surface area contributed by atoms with Crippen LogP contribution in [0, 0.1) is 0 Å². The van der Waals surface area contributed by atoms with E-state index >= 15 is 0 Å². The van der Waals surface area contributed by atoms with Crippen LogP contribution < -0.4 is 40.3 Å². The number of unbranched alkanes of at least 4 members (excludes halogenated alkanes) is 52. The molecule has 4 aromatic heterocycles. The summed E-state index contributed by atoms with van der Waals surface area (Å²) in [5, 5.41) is 3.93. The van der Waals surface area contributed by atoms with Gasteiger partial charge in [-0.15, -0.1) is 0 Å². The summed E-state index contributed by atoms with van der Waals surface area (Å²) in [6.07, 6.45) is 74.2. The third-order valence-corrected chi connectivity index (χ3v) is 24.5. The van der Waals surface area contributed by atoms with Crippen molar-refractivity contribution in [2.45, 2.75) is 387 Å². The minimum Gasteiger partial charge on any atom is -0.493 e. The molecule has 116 heavy (non-hydrogen) atoms. The van der Waals surface area contributed by atoms with E-state index in [1.54, 1.807) is 0 Å². The molecule has 8 bridgehead atoms. The standard InChI is InChI=1S/C108H160N4O4/c1-5-9-13-17-21-25-29-33-37-41-45-49-53-65-85-113-101-73-61-57-69-89(101)105-93-77-79-95(109-93)106(90-70-58-62-74-102(90)114-86-66-54-50-46-42-38-34-30-26-22-18-14-10-6-2)97-81-83-99(111-97)108(92-72-60-64-76-104(92)116-88-68-56-52-48-44-40-36-32-28-24-20-16-12-8-4)100-84-82-98(112-100)107(96-80-78-94(105)110-96)91-71-59-63-75-103(91)115-87-67-55-51-47-43-39-35-31-27-23-19-15-11-7-3/h57-64,69-84,109-112H,5-56,65-68,85-88H2,1-4H3. The van der Waals surface area contributed by atoms with Gasteiger partial charge in [-0.3, -0.25) is 0 Å². The molecule has 1 aliphatic heterocycles. The third-order valence-electron chi connectivity index (χ3n) is 24.5. The fourth-order valence-corrected chi connectivity index (χ4v) is 17.6. The molecule has 4 N–H and O–H groups in total. The zero-order chi connectivity index (χ0) is 80.6. The van der Waals surface area contributed by atoms with Gasteiger partial charge in [-0.2, -0.15) is 0 Å². The molecule has 8 nitrogen and oxygen atoms in total. The first-order valence-electron chi connectivity index (χ1n) is 48.8. The van der Waals surface area contributed by atoms with Crippen LogP contribution >= 0.6 is 0 Å². The summed E-state index contributed by atoms with van der Waals surface area (Å²) in [5.74, 6) is 3.52. The predicted molar refractivity (Wildman–Crippen MR) is 497 cm³/mol. The number of aromatic nitrogens is 4. The zero-order valence-electron chi connectivity index (χ0n) is 73.9. The minimum absolute atomic E-state index is 0.663. The molecule has 9 rings (SSSR count). The molecular formula is C108H160N4O4. The predicted octanol–water partition coefficient (Wildman–Crippen LogP) is 29.7. The van der Waals surface area contributed by atoms with E-state index in [0.717, 1.165) is 137 Å². The second-order valence-corrected chi connectivity index (χ2v) is 34.4. The van der Waals surface area contributed by atoms with Crippen molar-refractivity contribution in [3.05, 3.63) is 212 Å². The van der Waals surface area contributed by atoms with Crippen LogP contribution in [0.4, 0.5) is 0 Å². The van der Waals surface area contributed by atoms with Crippen LogP contribution in [0.15, 0.2) is 146 Å². The van der Waals surface area contributed by atoms with Gasteiger partial charge in [0.15, 0.2) is 0 Å². The summed E-state index contributed by atoms with van der Waals surface area (Å²) < 4.78 is 28.0. The molecule has 0 atom stereocenters. The highest BCUT2D eigenvalue weighted by atomic mass is 16.5. The van der Waals surface area contributed by atoms with Crippen molar-refractivity contribution >= 4 is 22.3 Å². The number of rotatable bonds is 68. The van der Waals surface area contributed by atoms with Gasteiger partial charge >= 0.3 is 0 Å². The number of H-pyrrole nitrogens is 4. The molecule has 5 heterocycles. The van der Waals surface area contributed by atoms with Gasteiger partial charge in [0.25, 0.3) is 0 Å². The van der Waals surface area contributed by atoms with Crippen molar-refractivity contribution in [1.82, 2.24) is 19.9 Å². The summed E-state index contributed by atoms with van der Waals surface area (Å²) in [5.41, 5.74) is 12.2. The van der Waals surface area contributed by atoms with E-state index < -0.39 is 0 Å². The Bertz CT molecular complexity index is 3600. The molecule has 0 saturated heterocycles. The molecule has 0 aliphatic carbocycles. The maximum Gasteiger partial charge on any atom is 0.127 e. The SMILES string of the molecule is CCCCCCCCCCCCCCCCOc1ccccc1C1=c2ccc([nH]2)=C(c2ccccc2OCCCCCCCCCCCCCCCC)c2ccc([nH]2)C(c2ccccc2OCCCCCCCCCCCCCCCC)=c2ccc([nH]2)=C(c2ccccc2OCCCCCCCCCCCCCCCC)c2ccc1[nH]2. The number of hydrogen-bond acceptors (Lipinski definition) is 4. The fourth-order valence-electron chi connectivity index (χ4n) is 17.6. The smallest absolute Gasteiger partial charge is 0.127 e. The highest BCUT2D eigenvalue weighted by Gasteiger charge is 2.24. The second kappa shape index (κ2) is 58.5. The van der Waals surface area contributed by atoms with Crippen molar-refractivity contribution in [2.75, 3.05) is 26.4 Å². The normalized spacial score (nSPS) is 12.2. The highest BCUT2D eigenvalue weighted by molar-refractivity contribution is 5.87. The number of aromatic amines is 4. The molecule has 0 saturated carbocycles. The lowest BCUT2D eigenvalue weighted by molar-refractivity contribution is 0.303. The maximum atomic E-state index is 7.00. The number of para-hydroxylation sites is 4. The van der Waals surface area contributed by atoms with E-state index in [-0.39, 0.29) is 0 Å². The first-order chi connectivity index (χ1) is 57.6. The molecule has 0 spiro atoms. The van der Waals surface area contributed by atoms with Crippen molar-refractivity contribution in [3.63, 3.8) is 0 Å². The summed E-state index contributed by atoms with van der Waals surface area (Å²) in [6, 6.07) is 53.1. The van der Waals surface area contributed by atoms with Crippen molar-refractivity contribution < 1.29 is 18.9 Å². The molecular weight excluding hydrogens is 1420 g/mol. The molecule has 0 radical (unpaired) electrons. The minimum atomic E-state index is 0.663. The van der Waals surface area contributed by atoms with E-state index in [1.807, 2.05) is 0 Å². The Balaban J connectivity index is 1.03. The van der Waals surface area contributed by atoms with Gasteiger partial charge in [0.2, 0.25) is 0 Å². The number of fused-ring (bicyclic) bond motifs is 8. The van der Waals surface area contributed by atoms with Crippen molar-refractivity contribution in [1.29, 1.82) is 0 Å². The van der Waals surface area contributed by atoms with Gasteiger partial charge in [0.1, 0.15) is 23.0 Å². The lowest BCUT2D eigenvalue weighted by Gasteiger charge is -2.16. The molecule has 636 valence electrons. The lowest BCUT2D eigenvalue weighted by Crippen LogP contribution is -2.19. The van der Waals surface area contributed by atoms with Gasteiger partial charge in [-0.1, -0.05) is 434 Å². The summed E-state index contributed by atoms with van der Waals surface area (Å²) in [7, 11) is 0. The van der Waals surface area contributed by atoms with E-state index in [4.69, 9.17) is 18.9 Å². The fraction of sp³-hybridized carbons (Fsp3) is 0.593. The zero-order valence-corrected chi connectivity index (χ0v) is 73.9. The van der Waals surface area contributed by atoms with E-state index in [2.05, 4.69) is 193 Å². The van der Waals surface area contributed by atoms with E-state index in [0.29, 0.717) is 26.4 Å². The first kappa shape index (κ1) is 92.6. The Morgan fingerprint density at radius 2 is 0.319 bits per heavy atom. The van der Waals surface area contributed by atoms with Gasteiger partial charge in [-0.25, -0.2) is 0 Å². The maximum absolute atomic E-state index is 7.00. The number of nitrogens with one attached hydrogen (secondary N) is 4. The molecule has 0 fully saturated rings. The lowest BCUT2D eigenvalue weighted by atomic mass is 10.0. The molecule has 0 amide bonds. The highest BCUT2D eigenvalue weighted by Crippen LogP contribution is 2.37. The summed E-state index contributed by atoms with van der Waals surface area (Å²) >= 11 is 0. The van der Waals surface area contributed by atoms with Crippen LogP contribution in [-0.4, -0.2) is 46.4 Å². The molecule has 4 aromatic carbocycles. The average molecular weight is 1580 g/mol. The van der Waals surface area contributed by atoms with E-state index in [9.17, 15) is 0 Å². The number of ether oxygens (including phenoxy) is 4. The van der Waals surface area contributed by atoms with Crippen LogP contribution in [0.3, 0.4) is 0 Å². The van der Waals surface area contributed by atoms with E-state index in [1.165, 1.54) is 334 Å². The monoisotopic (exact) mass is 1580 g/mol. The van der Waals surface area contributed by atoms with Crippen LogP contribution in [0.25, 0.3) is 22.3 Å². The van der Waals surface area contributed by atoms with Crippen molar-refractivity contribution in [2.24, 2.45) is 0 Å². The Morgan fingerprint density at radius 3 is 0.491 bits per heavy atom. The summed E-state index contributed by atoms with van der Waals surface area (Å²) in [6.45, 7) is 11.9. The topological polar surface area (TPSA) is 100 Å². The number of hydrogen-bond donors (Lipinski definition) is 4. The van der Waals surface area contributed by atoms with Crippen LogP contribution in [0.1, 0.15) is 432 Å². The van der Waals surface area contributed by atoms with Crippen LogP contribution in [0.2, 0.25) is 0 Å². The summed E-state index contributed by atoms with van der Waals surface area (Å²) in [4.78, 5) is 16.5. The molecule has 1 aliphatic rings. The quantitative estimate of drug-likeness (QED) is 0.0285. The average Bonchev–Trinajstić information content (AvgIpc) is 1.60. The largest absolute Gasteiger partial charge is 0.493 e. The molecule has 8 heteroatoms. The van der Waals surface area contributed by atoms with Gasteiger partial charge in [0, 0.05) is 88.7 Å². The Kier molecular flexibility index (Phi) is 46.7. The van der Waals surface area contributed by atoms with Gasteiger partial charge < -0.3 is 38.9 Å². The van der Waals surface area contributed by atoms with Gasteiger partial charge in [-0.05, 0) is 98.5 Å². The molecule has 0 unspecified atom stereocenters. The number of benzene rings is 4. The molecule has 8 aromatic rings. The first-order valence-corrected chi connectivity index (χ1v) is 48.8.